The number of nitrogens with zero attached hydrogens (tertiary/aromatic N) is 1. The summed E-state index contributed by atoms with van der Waals surface area (Å²) in [7, 11) is 0. The highest BCUT2D eigenvalue weighted by molar-refractivity contribution is 6.36. The highest BCUT2D eigenvalue weighted by atomic mass is 35.5. The summed E-state index contributed by atoms with van der Waals surface area (Å²) in [6.45, 7) is 6.40. The first-order chi connectivity index (χ1) is 7.41. The van der Waals surface area contributed by atoms with Crippen molar-refractivity contribution in [2.45, 2.75) is 26.2 Å². The van der Waals surface area contributed by atoms with E-state index in [0.717, 1.165) is 16.5 Å². The smallest absolute Gasteiger partial charge is 0.0892 e. The van der Waals surface area contributed by atoms with E-state index in [1.807, 2.05) is 18.2 Å². The molecule has 0 aliphatic carbocycles. The average Bonchev–Trinajstić information content (AvgIpc) is 2.15. The van der Waals surface area contributed by atoms with Gasteiger partial charge in [-0.2, -0.15) is 0 Å². The van der Waals surface area contributed by atoms with Gasteiger partial charge in [-0.25, -0.2) is 0 Å². The van der Waals surface area contributed by atoms with Crippen LogP contribution in [0.1, 0.15) is 26.3 Å². The molecule has 1 aromatic carbocycles. The van der Waals surface area contributed by atoms with Crippen LogP contribution in [0.2, 0.25) is 10.0 Å². The Labute approximate surface area is 105 Å². The van der Waals surface area contributed by atoms with Crippen LogP contribution in [0.3, 0.4) is 0 Å². The number of hydrogen-bond donors (Lipinski definition) is 0. The molecule has 1 nitrogen and oxygen atoms in total. The predicted octanol–water partition coefficient (Wildman–Crippen LogP) is 4.84. The quantitative estimate of drug-likeness (QED) is 0.655. The van der Waals surface area contributed by atoms with Gasteiger partial charge in [0.15, 0.2) is 0 Å². The molecule has 16 heavy (non-hydrogen) atoms. The highest BCUT2D eigenvalue weighted by Crippen LogP contribution is 2.36. The van der Waals surface area contributed by atoms with Gasteiger partial charge in [0.05, 0.1) is 15.6 Å². The van der Waals surface area contributed by atoms with Crippen molar-refractivity contribution in [1.82, 2.24) is 4.98 Å². The van der Waals surface area contributed by atoms with Crippen molar-refractivity contribution < 1.29 is 0 Å². The van der Waals surface area contributed by atoms with Crippen LogP contribution in [0.4, 0.5) is 0 Å². The van der Waals surface area contributed by atoms with Gasteiger partial charge < -0.3 is 0 Å². The summed E-state index contributed by atoms with van der Waals surface area (Å²) >= 11 is 12.4. The van der Waals surface area contributed by atoms with E-state index in [1.165, 1.54) is 0 Å². The number of halogens is 2. The number of pyridine rings is 1. The van der Waals surface area contributed by atoms with Crippen molar-refractivity contribution in [2.75, 3.05) is 0 Å². The first kappa shape index (κ1) is 11.7. The molecule has 1 heterocycles. The number of hydrogen-bond acceptors (Lipinski definition) is 1. The van der Waals surface area contributed by atoms with Crippen LogP contribution in [0.5, 0.6) is 0 Å². The zero-order valence-electron chi connectivity index (χ0n) is 9.51. The first-order valence-electron chi connectivity index (χ1n) is 5.14. The fourth-order valence-corrected chi connectivity index (χ4v) is 2.58. The lowest BCUT2D eigenvalue weighted by molar-refractivity contribution is 0.595. The van der Waals surface area contributed by atoms with Crippen LogP contribution >= 0.6 is 23.2 Å². The molecule has 0 bridgehead atoms. The van der Waals surface area contributed by atoms with Crippen LogP contribution in [-0.2, 0) is 5.41 Å². The third-order valence-corrected chi connectivity index (χ3v) is 3.14. The molecule has 84 valence electrons. The molecule has 2 rings (SSSR count). The standard InChI is InChI=1S/C13H13Cl2N/c1-13(2,3)11-8-5-4-6-9(14)12(8)16-7-10(11)15/h4-7H,1-3H3. The molecule has 0 aliphatic heterocycles. The van der Waals surface area contributed by atoms with Crippen molar-refractivity contribution in [3.05, 3.63) is 40.0 Å². The predicted molar refractivity (Wildman–Crippen MR) is 70.5 cm³/mol. The van der Waals surface area contributed by atoms with E-state index in [9.17, 15) is 0 Å². The number of aromatic nitrogens is 1. The van der Waals surface area contributed by atoms with Crippen LogP contribution in [-0.4, -0.2) is 4.98 Å². The van der Waals surface area contributed by atoms with E-state index in [0.29, 0.717) is 10.0 Å². The van der Waals surface area contributed by atoms with Gasteiger partial charge in [-0.05, 0) is 17.0 Å². The molecule has 0 atom stereocenters. The van der Waals surface area contributed by atoms with E-state index in [1.54, 1.807) is 6.20 Å². The van der Waals surface area contributed by atoms with Crippen molar-refractivity contribution in [3.8, 4) is 0 Å². The second kappa shape index (κ2) is 3.90. The Balaban J connectivity index is 2.91. The Bertz CT molecular complexity index is 541. The average molecular weight is 254 g/mol. The summed E-state index contributed by atoms with van der Waals surface area (Å²) in [5, 5.41) is 2.40. The molecule has 0 saturated carbocycles. The lowest BCUT2D eigenvalue weighted by atomic mass is 9.85. The lowest BCUT2D eigenvalue weighted by Crippen LogP contribution is -2.13. The van der Waals surface area contributed by atoms with Gasteiger partial charge in [0, 0.05) is 11.6 Å². The summed E-state index contributed by atoms with van der Waals surface area (Å²) in [4.78, 5) is 4.29. The highest BCUT2D eigenvalue weighted by Gasteiger charge is 2.21. The van der Waals surface area contributed by atoms with Crippen molar-refractivity contribution in [2.24, 2.45) is 0 Å². The summed E-state index contributed by atoms with van der Waals surface area (Å²) in [5.74, 6) is 0. The largest absolute Gasteiger partial charge is 0.253 e. The third-order valence-electron chi connectivity index (χ3n) is 2.55. The zero-order valence-corrected chi connectivity index (χ0v) is 11.0. The molecular weight excluding hydrogens is 241 g/mol. The lowest BCUT2D eigenvalue weighted by Gasteiger charge is -2.22. The van der Waals surface area contributed by atoms with Gasteiger partial charge in [0.25, 0.3) is 0 Å². The van der Waals surface area contributed by atoms with Gasteiger partial charge in [-0.1, -0.05) is 56.1 Å². The van der Waals surface area contributed by atoms with Gasteiger partial charge >= 0.3 is 0 Å². The van der Waals surface area contributed by atoms with Crippen LogP contribution in [0.25, 0.3) is 10.9 Å². The molecule has 0 amide bonds. The van der Waals surface area contributed by atoms with Gasteiger partial charge in [-0.15, -0.1) is 0 Å². The molecular formula is C13H13Cl2N. The number of fused-ring (bicyclic) bond motifs is 1. The molecule has 0 N–H and O–H groups in total. The van der Waals surface area contributed by atoms with Crippen LogP contribution in [0, 0.1) is 0 Å². The SMILES string of the molecule is CC(C)(C)c1c(Cl)cnc2c(Cl)cccc12. The maximum Gasteiger partial charge on any atom is 0.0892 e. The Hall–Kier alpha value is -0.790. The second-order valence-electron chi connectivity index (χ2n) is 4.87. The second-order valence-corrected chi connectivity index (χ2v) is 5.68. The van der Waals surface area contributed by atoms with Crippen molar-refractivity contribution in [3.63, 3.8) is 0 Å². The maximum absolute atomic E-state index is 6.23. The molecule has 0 unspecified atom stereocenters. The van der Waals surface area contributed by atoms with Crippen molar-refractivity contribution >= 4 is 34.1 Å². The Morgan fingerprint density at radius 2 is 1.75 bits per heavy atom. The molecule has 0 fully saturated rings. The summed E-state index contributed by atoms with van der Waals surface area (Å²) < 4.78 is 0. The van der Waals surface area contributed by atoms with Crippen molar-refractivity contribution in [1.29, 1.82) is 0 Å². The minimum Gasteiger partial charge on any atom is -0.253 e. The van der Waals surface area contributed by atoms with E-state index < -0.39 is 0 Å². The minimum absolute atomic E-state index is 0.0248. The summed E-state index contributed by atoms with van der Waals surface area (Å²) in [5.41, 5.74) is 1.89. The molecule has 1 aromatic heterocycles. The van der Waals surface area contributed by atoms with E-state index >= 15 is 0 Å². The Morgan fingerprint density at radius 1 is 1.06 bits per heavy atom. The number of rotatable bonds is 0. The molecule has 0 spiro atoms. The van der Waals surface area contributed by atoms with E-state index in [-0.39, 0.29) is 5.41 Å². The summed E-state index contributed by atoms with van der Waals surface area (Å²) in [6, 6.07) is 5.79. The Morgan fingerprint density at radius 3 is 2.38 bits per heavy atom. The van der Waals surface area contributed by atoms with E-state index in [4.69, 9.17) is 23.2 Å². The number of para-hydroxylation sites is 1. The third kappa shape index (κ3) is 1.90. The normalized spacial score (nSPS) is 12.1. The van der Waals surface area contributed by atoms with Gasteiger partial charge in [-0.3, -0.25) is 4.98 Å². The van der Waals surface area contributed by atoms with Crippen LogP contribution < -0.4 is 0 Å². The molecule has 0 radical (unpaired) electrons. The fraction of sp³-hybridized carbons (Fsp3) is 0.308. The molecule has 0 aliphatic rings. The molecule has 0 saturated heterocycles. The first-order valence-corrected chi connectivity index (χ1v) is 5.90. The van der Waals surface area contributed by atoms with Gasteiger partial charge in [0.1, 0.15) is 0 Å². The van der Waals surface area contributed by atoms with E-state index in [2.05, 4.69) is 25.8 Å². The topological polar surface area (TPSA) is 12.9 Å². The zero-order chi connectivity index (χ0) is 11.9. The molecule has 3 heteroatoms. The molecule has 2 aromatic rings. The maximum atomic E-state index is 6.23. The fourth-order valence-electron chi connectivity index (χ4n) is 1.92. The Kier molecular flexibility index (Phi) is 2.85. The number of benzene rings is 1. The minimum atomic E-state index is -0.0248. The van der Waals surface area contributed by atoms with Crippen LogP contribution in [0.15, 0.2) is 24.4 Å². The van der Waals surface area contributed by atoms with Gasteiger partial charge in [0.2, 0.25) is 0 Å². The summed E-state index contributed by atoms with van der Waals surface area (Å²) in [6.07, 6.45) is 1.68. The monoisotopic (exact) mass is 253 g/mol.